The largest absolute Gasteiger partial charge is 3.00 e. The van der Waals surface area contributed by atoms with Gasteiger partial charge in [0.1, 0.15) is 0 Å². The second-order valence-electron chi connectivity index (χ2n) is 2.03. The molecule has 0 rings (SSSR count). The van der Waals surface area contributed by atoms with Gasteiger partial charge in [-0.2, -0.15) is 0 Å². The van der Waals surface area contributed by atoms with E-state index in [1.165, 1.54) is 0 Å². The molecule has 0 aromatic rings. The Morgan fingerprint density at radius 1 is 0.526 bits per heavy atom. The summed E-state index contributed by atoms with van der Waals surface area (Å²) in [7, 11) is -25.1. The normalized spacial score (nSPS) is 13.4. The van der Waals surface area contributed by atoms with Crippen molar-refractivity contribution in [2.24, 2.45) is 0 Å². The standard InChI is InChI=1S/2Al.H6O13P4/c;;1-14(2,3)11-17(10,12-15(4,5)6)13-16(7,8)9/h;;(H2,1,2,3)(H2,4,5,6)(H2,7,8,9)/q2*+3;/p-6. The van der Waals surface area contributed by atoms with Crippen LogP contribution in [-0.4, -0.2) is 34.7 Å². The summed E-state index contributed by atoms with van der Waals surface area (Å²) < 4.78 is 49.1. The van der Waals surface area contributed by atoms with Crippen LogP contribution in [-0.2, 0) is 31.2 Å². The monoisotopic (exact) mass is 386 g/mol. The molecule has 19 heteroatoms. The van der Waals surface area contributed by atoms with Crippen LogP contribution in [0.4, 0.5) is 0 Å². The van der Waals surface area contributed by atoms with E-state index in [2.05, 4.69) is 12.9 Å². The molecule has 0 atom stereocenters. The molecule has 0 aliphatic rings. The van der Waals surface area contributed by atoms with Crippen molar-refractivity contribution in [3.05, 3.63) is 0 Å². The van der Waals surface area contributed by atoms with Crippen molar-refractivity contribution in [2.75, 3.05) is 0 Å². The Morgan fingerprint density at radius 2 is 0.684 bits per heavy atom. The molecule has 0 saturated carbocycles. The first-order valence-corrected chi connectivity index (χ1v) is 8.76. The van der Waals surface area contributed by atoms with E-state index in [0.717, 1.165) is 0 Å². The summed E-state index contributed by atoms with van der Waals surface area (Å²) in [5.74, 6) is 0. The van der Waals surface area contributed by atoms with Crippen LogP contribution in [0, 0.1) is 0 Å². The molecule has 0 unspecified atom stereocenters. The molecule has 104 valence electrons. The maximum atomic E-state index is 10.9. The molecule has 0 bridgehead atoms. The molecule has 0 aliphatic carbocycles. The van der Waals surface area contributed by atoms with E-state index < -0.39 is 31.3 Å². The van der Waals surface area contributed by atoms with Gasteiger partial charge in [0.25, 0.3) is 0 Å². The van der Waals surface area contributed by atoms with E-state index in [9.17, 15) is 47.6 Å². The molecule has 0 radical (unpaired) electrons. The van der Waals surface area contributed by atoms with Crippen molar-refractivity contribution in [3.8, 4) is 0 Å². The number of rotatable bonds is 6. The summed E-state index contributed by atoms with van der Waals surface area (Å²) in [5.41, 5.74) is 0. The fourth-order valence-electron chi connectivity index (χ4n) is 0.412. The first-order chi connectivity index (χ1) is 7.12. The second kappa shape index (κ2) is 8.31. The maximum absolute atomic E-state index is 10.9. The first kappa shape index (κ1) is 25.6. The summed E-state index contributed by atoms with van der Waals surface area (Å²) in [6, 6.07) is 0. The fourth-order valence-corrected chi connectivity index (χ4v) is 4.51. The van der Waals surface area contributed by atoms with Crippen molar-refractivity contribution in [1.29, 1.82) is 0 Å². The Bertz CT molecular complexity index is 381. The van der Waals surface area contributed by atoms with E-state index in [1.54, 1.807) is 0 Å². The van der Waals surface area contributed by atoms with Gasteiger partial charge in [0.2, 0.25) is 0 Å². The van der Waals surface area contributed by atoms with Gasteiger partial charge in [-0.25, -0.2) is 4.57 Å². The molecule has 0 N–H and O–H groups in total. The molecule has 0 heterocycles. The second-order valence-corrected chi connectivity index (χ2v) is 7.57. The molecule has 0 fully saturated rings. The maximum Gasteiger partial charge on any atom is 3.00 e. The van der Waals surface area contributed by atoms with Crippen molar-refractivity contribution in [3.63, 3.8) is 0 Å². The van der Waals surface area contributed by atoms with Crippen LogP contribution in [0.2, 0.25) is 0 Å². The molecular weight excluding hydrogens is 386 g/mol. The quantitative estimate of drug-likeness (QED) is 0.307. The third-order valence-electron chi connectivity index (χ3n) is 0.600. The van der Waals surface area contributed by atoms with Gasteiger partial charge in [-0.05, 0) is 0 Å². The van der Waals surface area contributed by atoms with Gasteiger partial charge in [0.15, 0.2) is 0 Å². The van der Waals surface area contributed by atoms with Gasteiger partial charge in [-0.3, -0.25) is 12.9 Å². The van der Waals surface area contributed by atoms with Crippen LogP contribution in [0.5, 0.6) is 0 Å². The van der Waals surface area contributed by atoms with Gasteiger partial charge in [0, 0.05) is 0 Å². The molecule has 0 aromatic heterocycles. The molecule has 13 nitrogen and oxygen atoms in total. The first-order valence-electron chi connectivity index (χ1n) is 2.92. The van der Waals surface area contributed by atoms with E-state index in [0.29, 0.717) is 0 Å². The Morgan fingerprint density at radius 3 is 0.789 bits per heavy atom. The Labute approximate surface area is 126 Å². The third kappa shape index (κ3) is 15.8. The average Bonchev–Trinajstić information content (AvgIpc) is 1.65. The van der Waals surface area contributed by atoms with Crippen LogP contribution in [0.15, 0.2) is 0 Å². The molecule has 0 aliphatic heterocycles. The van der Waals surface area contributed by atoms with Crippen molar-refractivity contribution in [2.45, 2.75) is 0 Å². The van der Waals surface area contributed by atoms with Gasteiger partial charge >= 0.3 is 42.5 Å². The van der Waals surface area contributed by atoms with Crippen LogP contribution < -0.4 is 29.4 Å². The molecule has 0 amide bonds. The summed E-state index contributed by atoms with van der Waals surface area (Å²) >= 11 is 0. The molecule has 0 spiro atoms. The number of phosphoric acid groups is 4. The summed E-state index contributed by atoms with van der Waals surface area (Å²) in [5, 5.41) is 0. The predicted molar refractivity (Wildman–Crippen MR) is 45.2 cm³/mol. The van der Waals surface area contributed by atoms with E-state index >= 15 is 0 Å². The van der Waals surface area contributed by atoms with Crippen LogP contribution in [0.3, 0.4) is 0 Å². The van der Waals surface area contributed by atoms with E-state index in [-0.39, 0.29) is 34.7 Å². The molecule has 0 aromatic carbocycles. The van der Waals surface area contributed by atoms with Gasteiger partial charge in [-0.15, -0.1) is 0 Å². The Balaban J connectivity index is -0.00000128. The SMILES string of the molecule is O=P([O-])([O-])OP(=O)(OP(=O)([O-])[O-])OP(=O)([O-])[O-].[Al+3].[Al+3]. The number of hydrogen-bond acceptors (Lipinski definition) is 13. The van der Waals surface area contributed by atoms with Crippen LogP contribution in [0.1, 0.15) is 0 Å². The van der Waals surface area contributed by atoms with E-state index in [1.807, 2.05) is 0 Å². The molecule has 19 heavy (non-hydrogen) atoms. The van der Waals surface area contributed by atoms with Crippen LogP contribution in [0.25, 0.3) is 0 Å². The van der Waals surface area contributed by atoms with Gasteiger partial charge < -0.3 is 43.1 Å². The molecular formula is Al2O13P4. The zero-order valence-electron chi connectivity index (χ0n) is 8.25. The minimum atomic E-state index is -6.27. The molecule has 0 saturated heterocycles. The smallest absolute Gasteiger partial charge is 0.789 e. The topological polar surface area (TPSA) is 234 Å². The predicted octanol–water partition coefficient (Wildman–Crippen LogP) is -5.13. The minimum Gasteiger partial charge on any atom is -0.789 e. The van der Waals surface area contributed by atoms with Crippen molar-refractivity contribution < 1.29 is 60.6 Å². The average molecular weight is 386 g/mol. The third-order valence-corrected chi connectivity index (χ3v) is 5.40. The van der Waals surface area contributed by atoms with Gasteiger partial charge in [-0.1, -0.05) is 0 Å². The van der Waals surface area contributed by atoms with Crippen molar-refractivity contribution >= 4 is 66.0 Å². The van der Waals surface area contributed by atoms with Gasteiger partial charge in [0.05, 0.1) is 23.5 Å². The fraction of sp³-hybridized carbons (Fsp3) is 0. The summed E-state index contributed by atoms with van der Waals surface area (Å²) in [6.07, 6.45) is 0. The Kier molecular flexibility index (Phi) is 11.2. The Hall–Kier alpha value is 1.62. The van der Waals surface area contributed by atoms with Crippen molar-refractivity contribution in [1.82, 2.24) is 0 Å². The zero-order valence-corrected chi connectivity index (χ0v) is 14.1. The van der Waals surface area contributed by atoms with E-state index in [4.69, 9.17) is 0 Å². The zero-order chi connectivity index (χ0) is 14.1. The number of hydrogen-bond donors (Lipinski definition) is 0. The van der Waals surface area contributed by atoms with Crippen LogP contribution >= 0.6 is 31.3 Å². The minimum absolute atomic E-state index is 0. The summed E-state index contributed by atoms with van der Waals surface area (Å²) in [4.78, 5) is 59.7. The summed E-state index contributed by atoms with van der Waals surface area (Å²) in [6.45, 7) is 0.